The second-order valence-electron chi connectivity index (χ2n) is 12.2. The Kier molecular flexibility index (Phi) is 7.58. The fourth-order valence-corrected chi connectivity index (χ4v) is 6.80. The summed E-state index contributed by atoms with van der Waals surface area (Å²) < 4.78 is 38.4. The summed E-state index contributed by atoms with van der Waals surface area (Å²) in [5, 5.41) is 20.6. The highest BCUT2D eigenvalue weighted by molar-refractivity contribution is 7.23. The minimum absolute atomic E-state index is 0.0554. The number of hydrogen-bond acceptors (Lipinski definition) is 9. The van der Waals surface area contributed by atoms with Gasteiger partial charge in [-0.2, -0.15) is 5.26 Å². The number of halogens is 2. The first-order valence-electron chi connectivity index (χ1n) is 14.9. The van der Waals surface area contributed by atoms with Crippen LogP contribution in [0.2, 0.25) is 0 Å². The first-order chi connectivity index (χ1) is 21.0. The molecule has 4 heterocycles. The van der Waals surface area contributed by atoms with Gasteiger partial charge in [-0.1, -0.05) is 13.3 Å². The number of anilines is 2. The lowest BCUT2D eigenvalue weighted by Gasteiger charge is -2.25. The van der Waals surface area contributed by atoms with Gasteiger partial charge in [-0.05, 0) is 64.7 Å². The number of pyridine rings is 2. The van der Waals surface area contributed by atoms with Gasteiger partial charge in [-0.15, -0.1) is 11.3 Å². The van der Waals surface area contributed by atoms with E-state index in [0.29, 0.717) is 23.3 Å². The van der Waals surface area contributed by atoms with Crippen LogP contribution in [0.3, 0.4) is 0 Å². The van der Waals surface area contributed by atoms with E-state index in [1.165, 1.54) is 12.1 Å². The number of nitrogen functional groups attached to an aromatic ring is 1. The van der Waals surface area contributed by atoms with Gasteiger partial charge in [0.1, 0.15) is 40.2 Å². The number of benzene rings is 1. The smallest absolute Gasteiger partial charge is 0.270 e. The molecule has 44 heavy (non-hydrogen) atoms. The molecule has 1 saturated carbocycles. The van der Waals surface area contributed by atoms with E-state index >= 15 is 4.39 Å². The van der Waals surface area contributed by atoms with Gasteiger partial charge in [-0.3, -0.25) is 4.79 Å². The molecule has 3 aromatic heterocycles. The van der Waals surface area contributed by atoms with E-state index in [9.17, 15) is 14.4 Å². The highest BCUT2D eigenvalue weighted by atomic mass is 32.1. The van der Waals surface area contributed by atoms with Gasteiger partial charge in [0.2, 0.25) is 5.88 Å². The maximum absolute atomic E-state index is 16.9. The molecular weight excluding hydrogens is 584 g/mol. The Morgan fingerprint density at radius 1 is 1.30 bits per heavy atom. The highest BCUT2D eigenvalue weighted by Crippen LogP contribution is 2.45. The van der Waals surface area contributed by atoms with Crippen molar-refractivity contribution in [3.8, 4) is 23.2 Å². The van der Waals surface area contributed by atoms with E-state index in [4.69, 9.17) is 15.5 Å². The molecule has 1 aliphatic carbocycles. The van der Waals surface area contributed by atoms with E-state index in [1.807, 2.05) is 19.9 Å². The van der Waals surface area contributed by atoms with Crippen LogP contribution in [-0.4, -0.2) is 46.1 Å². The third-order valence-electron chi connectivity index (χ3n) is 8.70. The lowest BCUT2D eigenvalue weighted by Crippen LogP contribution is -2.45. The number of thiophene rings is 1. The van der Waals surface area contributed by atoms with Crippen LogP contribution in [0.1, 0.15) is 75.0 Å². The molecule has 0 spiro atoms. The molecule has 9 nitrogen and oxygen atoms in total. The molecule has 0 radical (unpaired) electrons. The lowest BCUT2D eigenvalue weighted by molar-refractivity contribution is 0.0930. The molecule has 5 N–H and O–H groups in total. The molecule has 12 heteroatoms. The Morgan fingerprint density at radius 3 is 2.73 bits per heavy atom. The summed E-state index contributed by atoms with van der Waals surface area (Å²) in [5.41, 5.74) is 6.30. The molecule has 4 aromatic rings. The van der Waals surface area contributed by atoms with Gasteiger partial charge in [0, 0.05) is 34.5 Å². The predicted octanol–water partition coefficient (Wildman–Crippen LogP) is 6.17. The van der Waals surface area contributed by atoms with Crippen molar-refractivity contribution in [1.29, 1.82) is 5.26 Å². The number of rotatable bonds is 8. The van der Waals surface area contributed by atoms with Crippen LogP contribution in [0.15, 0.2) is 12.1 Å². The van der Waals surface area contributed by atoms with Gasteiger partial charge in [-0.25, -0.2) is 18.7 Å². The van der Waals surface area contributed by atoms with Crippen LogP contribution in [0, 0.1) is 29.9 Å². The predicted molar refractivity (Wildman–Crippen MR) is 169 cm³/mol. The quantitative estimate of drug-likeness (QED) is 0.184. The average Bonchev–Trinajstić information content (AvgIpc) is 3.63. The molecule has 3 atom stereocenters. The van der Waals surface area contributed by atoms with E-state index in [0.717, 1.165) is 37.0 Å². The second kappa shape index (κ2) is 11.1. The Bertz CT molecular complexity index is 1860. The van der Waals surface area contributed by atoms with Crippen LogP contribution >= 0.6 is 11.3 Å². The summed E-state index contributed by atoms with van der Waals surface area (Å²) in [4.78, 5) is 22.9. The number of aromatic nitrogens is 2. The standard InChI is InChI=1S/C32H35F2N7O2S/c1-6-7-14(2)37-13-20-16(4)43-31-23-21(15(3)25(39-29(23)38-20)30(42)41-32(5)10-11-32)24(34)26(40-31)17-8-9-19(33)27-22(17)18(12-35)28(36)44-27/h8-9,14,16,20,37H,6-7,10-11,13,36H2,1-5H3,(H,38,39)(H,41,42). The number of hydrogen-bond donors (Lipinski definition) is 4. The normalized spacial score (nSPS) is 19.1. The third kappa shape index (κ3) is 5.08. The molecule has 0 saturated heterocycles. The lowest BCUT2D eigenvalue weighted by atomic mass is 9.98. The SMILES string of the molecule is CCCC(C)NCC1Nc2nc(C(=O)NC3(C)CC3)c(C)c3c(F)c(-c4ccc(F)c5sc(N)c(C#N)c45)nc(c23)OC1C. The highest BCUT2D eigenvalue weighted by Gasteiger charge is 2.40. The number of nitrogens with zero attached hydrogens (tertiary/aromatic N) is 3. The van der Waals surface area contributed by atoms with E-state index in [-0.39, 0.29) is 66.5 Å². The number of carbonyl (C=O) groups is 1. The Hall–Kier alpha value is -4.08. The average molecular weight is 620 g/mol. The van der Waals surface area contributed by atoms with Crippen molar-refractivity contribution in [3.63, 3.8) is 0 Å². The number of nitrogens with two attached hydrogens (primary N) is 1. The number of ether oxygens (including phenoxy) is 1. The molecule has 6 rings (SSSR count). The summed E-state index contributed by atoms with van der Waals surface area (Å²) in [6, 6.07) is 4.62. The molecule has 1 aromatic carbocycles. The number of nitrogens with one attached hydrogen (secondary N) is 3. The number of fused-ring (bicyclic) bond motifs is 1. The minimum atomic E-state index is -0.732. The van der Waals surface area contributed by atoms with E-state index in [2.05, 4.69) is 34.8 Å². The van der Waals surface area contributed by atoms with E-state index < -0.39 is 23.6 Å². The third-order valence-corrected chi connectivity index (χ3v) is 9.73. The second-order valence-corrected chi connectivity index (χ2v) is 13.3. The van der Waals surface area contributed by atoms with Gasteiger partial charge < -0.3 is 26.4 Å². The molecular formula is C32H35F2N7O2S. The zero-order valence-electron chi connectivity index (χ0n) is 25.3. The Balaban J connectivity index is 1.58. The Labute approximate surface area is 258 Å². The molecule has 1 amide bonds. The largest absolute Gasteiger partial charge is 0.472 e. The van der Waals surface area contributed by atoms with Crippen LogP contribution in [0.25, 0.3) is 32.1 Å². The number of amides is 1. The summed E-state index contributed by atoms with van der Waals surface area (Å²) in [6.45, 7) is 10.3. The van der Waals surface area contributed by atoms with Crippen molar-refractivity contribution in [1.82, 2.24) is 20.6 Å². The van der Waals surface area contributed by atoms with Gasteiger partial charge in [0.25, 0.3) is 5.91 Å². The Morgan fingerprint density at radius 2 is 2.05 bits per heavy atom. The monoisotopic (exact) mass is 619 g/mol. The van der Waals surface area contributed by atoms with Crippen molar-refractivity contribution < 1.29 is 18.3 Å². The van der Waals surface area contributed by atoms with Gasteiger partial charge in [0.15, 0.2) is 5.82 Å². The van der Waals surface area contributed by atoms with Crippen molar-refractivity contribution in [2.45, 2.75) is 84.0 Å². The van der Waals surface area contributed by atoms with Gasteiger partial charge >= 0.3 is 0 Å². The summed E-state index contributed by atoms with van der Waals surface area (Å²) in [6.07, 6.45) is 3.31. The first-order valence-corrected chi connectivity index (χ1v) is 15.7. The molecule has 2 aliphatic rings. The van der Waals surface area contributed by atoms with Crippen LogP contribution in [-0.2, 0) is 0 Å². The van der Waals surface area contributed by atoms with Crippen LogP contribution < -0.4 is 26.4 Å². The molecule has 230 valence electrons. The van der Waals surface area contributed by atoms with Crippen molar-refractivity contribution in [2.75, 3.05) is 17.6 Å². The zero-order chi connectivity index (χ0) is 31.5. The number of nitriles is 1. The number of aryl methyl sites for hydroxylation is 1. The maximum Gasteiger partial charge on any atom is 0.270 e. The zero-order valence-corrected chi connectivity index (χ0v) is 26.1. The van der Waals surface area contributed by atoms with Crippen molar-refractivity contribution in [3.05, 3.63) is 40.6 Å². The molecule has 1 aliphatic heterocycles. The number of carbonyl (C=O) groups excluding carboxylic acids is 1. The van der Waals surface area contributed by atoms with Crippen LogP contribution in [0.5, 0.6) is 5.88 Å². The topological polar surface area (TPSA) is 138 Å². The summed E-state index contributed by atoms with van der Waals surface area (Å²) in [7, 11) is 0. The molecule has 1 fully saturated rings. The fraction of sp³-hybridized carbons (Fsp3) is 0.438. The minimum Gasteiger partial charge on any atom is -0.472 e. The molecule has 3 unspecified atom stereocenters. The fourth-order valence-electron chi connectivity index (χ4n) is 5.85. The van der Waals surface area contributed by atoms with Crippen molar-refractivity contribution in [2.24, 2.45) is 0 Å². The van der Waals surface area contributed by atoms with Crippen LogP contribution in [0.4, 0.5) is 19.6 Å². The van der Waals surface area contributed by atoms with Crippen molar-refractivity contribution >= 4 is 48.9 Å². The van der Waals surface area contributed by atoms with Gasteiger partial charge in [0.05, 0.1) is 21.7 Å². The summed E-state index contributed by atoms with van der Waals surface area (Å²) in [5.74, 6) is -1.27. The van der Waals surface area contributed by atoms with E-state index in [1.54, 1.807) is 6.92 Å². The first kappa shape index (κ1) is 30.0. The molecule has 0 bridgehead atoms. The summed E-state index contributed by atoms with van der Waals surface area (Å²) >= 11 is 0.927. The maximum atomic E-state index is 16.9.